The van der Waals surface area contributed by atoms with Gasteiger partial charge in [-0.25, -0.2) is 0 Å². The molecule has 0 radical (unpaired) electrons. The van der Waals surface area contributed by atoms with Gasteiger partial charge in [0.1, 0.15) is 5.75 Å². The van der Waals surface area contributed by atoms with E-state index in [1.807, 2.05) is 12.1 Å². The molecule has 24 heavy (non-hydrogen) atoms. The SMILES string of the molecule is CCC1(P(c2ccccc2)c2ccccc2OCOC)C=CC=C1. The summed E-state index contributed by atoms with van der Waals surface area (Å²) < 4.78 is 11.0. The molecule has 1 atom stereocenters. The first kappa shape index (κ1) is 17.0. The van der Waals surface area contributed by atoms with Crippen LogP contribution in [0, 0.1) is 0 Å². The predicted octanol–water partition coefficient (Wildman–Crippen LogP) is 4.38. The average molecular weight is 338 g/mol. The zero-order valence-electron chi connectivity index (χ0n) is 14.2. The topological polar surface area (TPSA) is 18.5 Å². The highest BCUT2D eigenvalue weighted by Crippen LogP contribution is 2.54. The molecule has 0 amide bonds. The second-order valence-corrected chi connectivity index (χ2v) is 8.25. The Kier molecular flexibility index (Phi) is 5.50. The Morgan fingerprint density at radius 1 is 0.917 bits per heavy atom. The fourth-order valence-electron chi connectivity index (χ4n) is 3.11. The maximum absolute atomic E-state index is 5.88. The summed E-state index contributed by atoms with van der Waals surface area (Å²) in [6.45, 7) is 2.52. The number of hydrogen-bond donors (Lipinski definition) is 0. The van der Waals surface area contributed by atoms with Gasteiger partial charge in [-0.1, -0.05) is 79.8 Å². The third-order valence-electron chi connectivity index (χ3n) is 4.32. The van der Waals surface area contributed by atoms with Crippen molar-refractivity contribution in [3.8, 4) is 5.75 Å². The van der Waals surface area contributed by atoms with Gasteiger partial charge in [-0.3, -0.25) is 0 Å². The van der Waals surface area contributed by atoms with E-state index in [-0.39, 0.29) is 11.9 Å². The van der Waals surface area contributed by atoms with Crippen molar-refractivity contribution in [2.75, 3.05) is 13.9 Å². The van der Waals surface area contributed by atoms with Crippen molar-refractivity contribution >= 4 is 18.5 Å². The molecule has 3 rings (SSSR count). The van der Waals surface area contributed by atoms with Crippen LogP contribution in [-0.4, -0.2) is 19.1 Å². The quantitative estimate of drug-likeness (QED) is 0.551. The van der Waals surface area contributed by atoms with Crippen LogP contribution in [0.5, 0.6) is 5.75 Å². The highest BCUT2D eigenvalue weighted by molar-refractivity contribution is 7.75. The Hall–Kier alpha value is -1.89. The van der Waals surface area contributed by atoms with Crippen LogP contribution in [0.2, 0.25) is 0 Å². The van der Waals surface area contributed by atoms with Crippen molar-refractivity contribution < 1.29 is 9.47 Å². The Morgan fingerprint density at radius 2 is 1.58 bits per heavy atom. The minimum Gasteiger partial charge on any atom is -0.467 e. The molecule has 0 saturated carbocycles. The summed E-state index contributed by atoms with van der Waals surface area (Å²) in [6.07, 6.45) is 10.1. The lowest BCUT2D eigenvalue weighted by Gasteiger charge is -2.36. The lowest BCUT2D eigenvalue weighted by atomic mass is 10.1. The second-order valence-electron chi connectivity index (χ2n) is 5.75. The molecule has 2 nitrogen and oxygen atoms in total. The van der Waals surface area contributed by atoms with Crippen LogP contribution < -0.4 is 15.3 Å². The van der Waals surface area contributed by atoms with Gasteiger partial charge < -0.3 is 9.47 Å². The minimum atomic E-state index is -0.628. The molecular formula is C21H23O2P. The van der Waals surface area contributed by atoms with Gasteiger partial charge in [0.15, 0.2) is 6.79 Å². The van der Waals surface area contributed by atoms with Crippen LogP contribution in [-0.2, 0) is 4.74 Å². The molecule has 0 aromatic heterocycles. The standard InChI is InChI=1S/C21H23O2P/c1-3-21(15-9-10-16-21)24(18-11-5-4-6-12-18)20-14-8-7-13-19(20)23-17-22-2/h4-16H,3,17H2,1-2H3. The molecule has 0 spiro atoms. The molecule has 0 N–H and O–H groups in total. The van der Waals surface area contributed by atoms with E-state index in [1.54, 1.807) is 7.11 Å². The van der Waals surface area contributed by atoms with E-state index in [4.69, 9.17) is 9.47 Å². The van der Waals surface area contributed by atoms with E-state index < -0.39 is 7.92 Å². The summed E-state index contributed by atoms with van der Waals surface area (Å²) in [7, 11) is 1.02. The van der Waals surface area contributed by atoms with Crippen molar-refractivity contribution in [3.05, 3.63) is 78.9 Å². The summed E-state index contributed by atoms with van der Waals surface area (Å²) in [5.41, 5.74) is 0. The van der Waals surface area contributed by atoms with Crippen LogP contribution in [0.25, 0.3) is 0 Å². The molecule has 124 valence electrons. The summed E-state index contributed by atoms with van der Waals surface area (Å²) in [5.74, 6) is 0.913. The molecule has 0 aliphatic heterocycles. The number of hydrogen-bond acceptors (Lipinski definition) is 2. The monoisotopic (exact) mass is 338 g/mol. The van der Waals surface area contributed by atoms with Gasteiger partial charge in [0.25, 0.3) is 0 Å². The van der Waals surface area contributed by atoms with E-state index in [0.29, 0.717) is 0 Å². The number of benzene rings is 2. The van der Waals surface area contributed by atoms with Gasteiger partial charge >= 0.3 is 0 Å². The van der Waals surface area contributed by atoms with Crippen molar-refractivity contribution in [2.24, 2.45) is 0 Å². The predicted molar refractivity (Wildman–Crippen MR) is 103 cm³/mol. The number of ether oxygens (including phenoxy) is 2. The lowest BCUT2D eigenvalue weighted by Crippen LogP contribution is -2.30. The fourth-order valence-corrected chi connectivity index (χ4v) is 6.17. The molecule has 1 aliphatic carbocycles. The van der Waals surface area contributed by atoms with E-state index in [1.165, 1.54) is 10.6 Å². The van der Waals surface area contributed by atoms with Crippen LogP contribution in [0.3, 0.4) is 0 Å². The maximum Gasteiger partial charge on any atom is 0.188 e. The zero-order chi connectivity index (χ0) is 16.8. The first-order valence-electron chi connectivity index (χ1n) is 8.24. The largest absolute Gasteiger partial charge is 0.467 e. The molecule has 3 heteroatoms. The van der Waals surface area contributed by atoms with Crippen LogP contribution in [0.1, 0.15) is 13.3 Å². The Balaban J connectivity index is 2.13. The number of rotatable bonds is 7. The molecule has 1 aliphatic rings. The third-order valence-corrected chi connectivity index (χ3v) is 7.43. The fraction of sp³-hybridized carbons (Fsp3) is 0.238. The van der Waals surface area contributed by atoms with E-state index >= 15 is 0 Å². The van der Waals surface area contributed by atoms with Crippen molar-refractivity contribution in [1.82, 2.24) is 0 Å². The first-order chi connectivity index (χ1) is 11.8. The van der Waals surface area contributed by atoms with Crippen LogP contribution in [0.4, 0.5) is 0 Å². The van der Waals surface area contributed by atoms with Gasteiger partial charge in [-0.2, -0.15) is 0 Å². The molecule has 0 fully saturated rings. The van der Waals surface area contributed by atoms with Gasteiger partial charge in [-0.05, 0) is 25.7 Å². The van der Waals surface area contributed by atoms with Gasteiger partial charge in [0.2, 0.25) is 0 Å². The highest BCUT2D eigenvalue weighted by Gasteiger charge is 2.37. The van der Waals surface area contributed by atoms with Gasteiger partial charge in [0.05, 0.1) is 0 Å². The zero-order valence-corrected chi connectivity index (χ0v) is 15.1. The van der Waals surface area contributed by atoms with Gasteiger partial charge in [-0.15, -0.1) is 0 Å². The summed E-state index contributed by atoms with van der Waals surface area (Å²) >= 11 is 0. The third kappa shape index (κ3) is 3.31. The molecule has 0 heterocycles. The summed E-state index contributed by atoms with van der Waals surface area (Å²) in [6, 6.07) is 19.1. The summed E-state index contributed by atoms with van der Waals surface area (Å²) in [4.78, 5) is 0. The summed E-state index contributed by atoms with van der Waals surface area (Å²) in [5, 5.41) is 2.65. The van der Waals surface area contributed by atoms with E-state index in [9.17, 15) is 0 Å². The number of methoxy groups -OCH3 is 1. The van der Waals surface area contributed by atoms with E-state index in [0.717, 1.165) is 12.2 Å². The Labute approximate surface area is 145 Å². The molecule has 1 unspecified atom stereocenters. The maximum atomic E-state index is 5.88. The Bertz CT molecular complexity index is 710. The molecule has 0 saturated heterocycles. The number of allylic oxidation sites excluding steroid dienone is 4. The smallest absolute Gasteiger partial charge is 0.188 e. The van der Waals surface area contributed by atoms with Crippen molar-refractivity contribution in [1.29, 1.82) is 0 Å². The van der Waals surface area contributed by atoms with Crippen LogP contribution in [0.15, 0.2) is 78.9 Å². The molecule has 0 bridgehead atoms. The van der Waals surface area contributed by atoms with E-state index in [2.05, 4.69) is 73.7 Å². The number of para-hydroxylation sites is 1. The molecular weight excluding hydrogens is 315 g/mol. The second kappa shape index (κ2) is 7.79. The lowest BCUT2D eigenvalue weighted by molar-refractivity contribution is 0.0519. The molecule has 2 aromatic carbocycles. The highest BCUT2D eigenvalue weighted by atomic mass is 31.1. The van der Waals surface area contributed by atoms with Gasteiger partial charge in [0, 0.05) is 17.6 Å². The average Bonchev–Trinajstić information content (AvgIpc) is 3.12. The van der Waals surface area contributed by atoms with Crippen molar-refractivity contribution in [2.45, 2.75) is 18.5 Å². The van der Waals surface area contributed by atoms with Crippen LogP contribution >= 0.6 is 7.92 Å². The molecule has 2 aromatic rings. The first-order valence-corrected chi connectivity index (χ1v) is 9.58. The normalized spacial score (nSPS) is 16.2. The minimum absolute atomic E-state index is 0.0310. The Morgan fingerprint density at radius 3 is 2.25 bits per heavy atom. The van der Waals surface area contributed by atoms with Crippen molar-refractivity contribution in [3.63, 3.8) is 0 Å².